The number of amides is 1. The highest BCUT2D eigenvalue weighted by molar-refractivity contribution is 5.91. The number of rotatable bonds is 3. The van der Waals surface area contributed by atoms with Crippen LogP contribution in [0.4, 0.5) is 5.88 Å². The van der Waals surface area contributed by atoms with E-state index in [9.17, 15) is 14.9 Å². The van der Waals surface area contributed by atoms with Gasteiger partial charge in [-0.15, -0.1) is 0 Å². The first-order valence-corrected chi connectivity index (χ1v) is 5.81. The van der Waals surface area contributed by atoms with Crippen molar-refractivity contribution in [3.8, 4) is 0 Å². The molecule has 1 fully saturated rings. The lowest BCUT2D eigenvalue weighted by atomic mass is 10.2. The van der Waals surface area contributed by atoms with E-state index >= 15 is 0 Å². The molecule has 0 aromatic carbocycles. The monoisotopic (exact) mass is 270 g/mol. The van der Waals surface area contributed by atoms with Gasteiger partial charge in [0.05, 0.1) is 24.9 Å². The van der Waals surface area contributed by atoms with E-state index in [-0.39, 0.29) is 25.0 Å². The van der Waals surface area contributed by atoms with Gasteiger partial charge in [0, 0.05) is 13.1 Å². The molecule has 0 aliphatic carbocycles. The molecule has 19 heavy (non-hydrogen) atoms. The number of aliphatic hydroxyl groups is 1. The summed E-state index contributed by atoms with van der Waals surface area (Å²) in [5, 5.41) is 19.6. The van der Waals surface area contributed by atoms with Crippen LogP contribution in [0.15, 0.2) is 16.5 Å². The summed E-state index contributed by atoms with van der Waals surface area (Å²) in [6.45, 7) is 2.18. The van der Waals surface area contributed by atoms with Gasteiger partial charge in [0.2, 0.25) is 0 Å². The van der Waals surface area contributed by atoms with Crippen LogP contribution in [0.3, 0.4) is 0 Å². The average Bonchev–Trinajstić information content (AvgIpc) is 2.86. The summed E-state index contributed by atoms with van der Waals surface area (Å²) in [4.78, 5) is 23.4. The first-order valence-electron chi connectivity index (χ1n) is 5.81. The average molecular weight is 270 g/mol. The number of furan rings is 1. The predicted octanol–water partition coefficient (Wildman–Crippen LogP) is 0.410. The van der Waals surface area contributed by atoms with Crippen LogP contribution in [0, 0.1) is 10.1 Å². The van der Waals surface area contributed by atoms with Gasteiger partial charge in [-0.05, 0) is 13.0 Å². The van der Waals surface area contributed by atoms with Crippen LogP contribution in [-0.2, 0) is 4.74 Å². The van der Waals surface area contributed by atoms with Gasteiger partial charge in [-0.1, -0.05) is 0 Å². The van der Waals surface area contributed by atoms with Crippen molar-refractivity contribution >= 4 is 11.8 Å². The molecule has 0 radical (unpaired) electrons. The Bertz CT molecular complexity index is 485. The minimum atomic E-state index is -0.699. The van der Waals surface area contributed by atoms with Crippen molar-refractivity contribution in [1.29, 1.82) is 0 Å². The summed E-state index contributed by atoms with van der Waals surface area (Å²) in [6.07, 6.45) is -0.655. The third kappa shape index (κ3) is 2.91. The fourth-order valence-corrected chi connectivity index (χ4v) is 2.01. The number of carbonyl (C=O) groups is 1. The second-order valence-corrected chi connectivity index (χ2v) is 4.36. The minimum Gasteiger partial charge on any atom is -0.395 e. The Kier molecular flexibility index (Phi) is 3.82. The zero-order valence-electron chi connectivity index (χ0n) is 10.3. The van der Waals surface area contributed by atoms with E-state index in [1.54, 1.807) is 6.92 Å². The van der Waals surface area contributed by atoms with Crippen LogP contribution in [0.5, 0.6) is 0 Å². The molecule has 1 aliphatic rings. The van der Waals surface area contributed by atoms with Gasteiger partial charge in [-0.2, -0.15) is 0 Å². The van der Waals surface area contributed by atoms with Crippen molar-refractivity contribution in [2.24, 2.45) is 0 Å². The Hall–Kier alpha value is -1.93. The Morgan fingerprint density at radius 2 is 2.32 bits per heavy atom. The highest BCUT2D eigenvalue weighted by Gasteiger charge is 2.30. The highest BCUT2D eigenvalue weighted by atomic mass is 16.6. The Balaban J connectivity index is 2.11. The van der Waals surface area contributed by atoms with E-state index in [1.807, 2.05) is 0 Å². The molecule has 8 heteroatoms. The molecule has 0 saturated carbocycles. The smallest absolute Gasteiger partial charge is 0.395 e. The Morgan fingerprint density at radius 3 is 2.89 bits per heavy atom. The second-order valence-electron chi connectivity index (χ2n) is 4.36. The number of morpholine rings is 1. The maximum absolute atomic E-state index is 12.1. The minimum absolute atomic E-state index is 0.0857. The quantitative estimate of drug-likeness (QED) is 0.629. The molecule has 1 aromatic rings. The number of ether oxygens (including phenoxy) is 1. The zero-order valence-corrected chi connectivity index (χ0v) is 10.3. The third-order valence-corrected chi connectivity index (χ3v) is 2.80. The van der Waals surface area contributed by atoms with Crippen LogP contribution < -0.4 is 0 Å². The SMILES string of the molecule is CC1CN(C(=O)c2ccc([N+](=O)[O-])o2)CC(CO)O1. The van der Waals surface area contributed by atoms with Gasteiger partial charge in [-0.3, -0.25) is 14.9 Å². The van der Waals surface area contributed by atoms with Gasteiger partial charge in [0.25, 0.3) is 5.91 Å². The topological polar surface area (TPSA) is 106 Å². The van der Waals surface area contributed by atoms with Crippen molar-refractivity contribution in [2.45, 2.75) is 19.1 Å². The second kappa shape index (κ2) is 5.37. The number of nitrogens with zero attached hydrogens (tertiary/aromatic N) is 2. The molecule has 0 spiro atoms. The largest absolute Gasteiger partial charge is 0.433 e. The van der Waals surface area contributed by atoms with E-state index in [0.717, 1.165) is 6.07 Å². The first kappa shape index (κ1) is 13.5. The molecular weight excluding hydrogens is 256 g/mol. The highest BCUT2D eigenvalue weighted by Crippen LogP contribution is 2.19. The number of hydrogen-bond acceptors (Lipinski definition) is 6. The standard InChI is InChI=1S/C11H14N2O6/c1-7-4-12(5-8(6-14)18-7)11(15)9-2-3-10(19-9)13(16)17/h2-3,7-8,14H,4-6H2,1H3. The molecule has 2 atom stereocenters. The molecule has 1 aromatic heterocycles. The summed E-state index contributed by atoms with van der Waals surface area (Å²) in [5.41, 5.74) is 0. The summed E-state index contributed by atoms with van der Waals surface area (Å²) >= 11 is 0. The molecule has 1 amide bonds. The van der Waals surface area contributed by atoms with Crippen LogP contribution >= 0.6 is 0 Å². The Labute approximate surface area is 108 Å². The predicted molar refractivity (Wildman–Crippen MR) is 62.7 cm³/mol. The number of carbonyl (C=O) groups excluding carboxylic acids is 1. The lowest BCUT2D eigenvalue weighted by Crippen LogP contribution is -2.50. The third-order valence-electron chi connectivity index (χ3n) is 2.80. The first-order chi connectivity index (χ1) is 9.01. The van der Waals surface area contributed by atoms with E-state index in [4.69, 9.17) is 14.3 Å². The number of hydrogen-bond donors (Lipinski definition) is 1. The van der Waals surface area contributed by atoms with Crippen molar-refractivity contribution in [3.05, 3.63) is 28.0 Å². The molecule has 2 heterocycles. The molecule has 8 nitrogen and oxygen atoms in total. The van der Waals surface area contributed by atoms with Crippen LogP contribution in [0.25, 0.3) is 0 Å². The fourth-order valence-electron chi connectivity index (χ4n) is 2.01. The number of aliphatic hydroxyl groups excluding tert-OH is 1. The lowest BCUT2D eigenvalue weighted by Gasteiger charge is -2.35. The van der Waals surface area contributed by atoms with E-state index in [1.165, 1.54) is 11.0 Å². The number of nitro groups is 1. The van der Waals surface area contributed by atoms with Gasteiger partial charge in [0.1, 0.15) is 4.92 Å². The molecular formula is C11H14N2O6. The van der Waals surface area contributed by atoms with Crippen LogP contribution in [0.2, 0.25) is 0 Å². The van der Waals surface area contributed by atoms with Crippen LogP contribution in [-0.4, -0.2) is 52.7 Å². The van der Waals surface area contributed by atoms with Gasteiger partial charge in [-0.25, -0.2) is 0 Å². The maximum Gasteiger partial charge on any atom is 0.433 e. The van der Waals surface area contributed by atoms with Gasteiger partial charge in [0.15, 0.2) is 5.76 Å². The Morgan fingerprint density at radius 1 is 1.58 bits per heavy atom. The summed E-state index contributed by atoms with van der Waals surface area (Å²) in [5.74, 6) is -0.998. The molecule has 2 rings (SSSR count). The molecule has 1 N–H and O–H groups in total. The summed E-state index contributed by atoms with van der Waals surface area (Å²) < 4.78 is 10.3. The lowest BCUT2D eigenvalue weighted by molar-refractivity contribution is -0.402. The van der Waals surface area contributed by atoms with E-state index < -0.39 is 22.8 Å². The van der Waals surface area contributed by atoms with Gasteiger partial charge >= 0.3 is 5.88 Å². The van der Waals surface area contributed by atoms with E-state index in [0.29, 0.717) is 6.54 Å². The normalized spacial score (nSPS) is 23.4. The van der Waals surface area contributed by atoms with Crippen molar-refractivity contribution in [3.63, 3.8) is 0 Å². The molecule has 1 saturated heterocycles. The van der Waals surface area contributed by atoms with Gasteiger partial charge < -0.3 is 19.2 Å². The summed E-state index contributed by atoms with van der Waals surface area (Å²) in [6, 6.07) is 2.41. The van der Waals surface area contributed by atoms with E-state index in [2.05, 4.69) is 0 Å². The summed E-state index contributed by atoms with van der Waals surface area (Å²) in [7, 11) is 0. The van der Waals surface area contributed by atoms with Crippen molar-refractivity contribution in [1.82, 2.24) is 4.90 Å². The van der Waals surface area contributed by atoms with Crippen molar-refractivity contribution < 1.29 is 24.0 Å². The molecule has 2 unspecified atom stereocenters. The zero-order chi connectivity index (χ0) is 14.0. The maximum atomic E-state index is 12.1. The molecule has 1 aliphatic heterocycles. The van der Waals surface area contributed by atoms with Crippen molar-refractivity contribution in [2.75, 3.05) is 19.7 Å². The van der Waals surface area contributed by atoms with Crippen LogP contribution in [0.1, 0.15) is 17.5 Å². The fraction of sp³-hybridized carbons (Fsp3) is 0.545. The molecule has 0 bridgehead atoms. The molecule has 104 valence electrons.